The lowest BCUT2D eigenvalue weighted by atomic mass is 10.2. The standard InChI is InChI=1S/C28H26N6O6/c1-4-39-25-15-34(21-14-29-9-7-17(21)16-35)33-27(25)28(36)32-26-6-5-18(13-31-26)40-22-8-10-30-20-12-24(38-3)23(37-2)11-19(20)22/h5-15,35H,4,16H2,1-3H3,(H,31,32,36). The Morgan fingerprint density at radius 3 is 2.52 bits per heavy atom. The van der Waals surface area contributed by atoms with Crippen LogP contribution in [-0.2, 0) is 6.61 Å². The molecule has 0 spiro atoms. The smallest absolute Gasteiger partial charge is 0.281 e. The van der Waals surface area contributed by atoms with Crippen LogP contribution in [0.15, 0.2) is 67.4 Å². The summed E-state index contributed by atoms with van der Waals surface area (Å²) in [6, 6.07) is 10.3. The van der Waals surface area contributed by atoms with Gasteiger partial charge in [-0.25, -0.2) is 9.67 Å². The van der Waals surface area contributed by atoms with Gasteiger partial charge >= 0.3 is 0 Å². The number of pyridine rings is 3. The molecular formula is C28H26N6O6. The van der Waals surface area contributed by atoms with E-state index in [-0.39, 0.29) is 23.9 Å². The average molecular weight is 543 g/mol. The number of ether oxygens (including phenoxy) is 4. The molecular weight excluding hydrogens is 516 g/mol. The van der Waals surface area contributed by atoms with Gasteiger partial charge in [0.15, 0.2) is 22.9 Å². The second-order valence-electron chi connectivity index (χ2n) is 8.35. The fourth-order valence-corrected chi connectivity index (χ4v) is 4.01. The van der Waals surface area contributed by atoms with E-state index >= 15 is 0 Å². The lowest BCUT2D eigenvalue weighted by molar-refractivity contribution is 0.101. The Morgan fingerprint density at radius 2 is 1.80 bits per heavy atom. The molecule has 0 aliphatic heterocycles. The Morgan fingerprint density at radius 1 is 0.975 bits per heavy atom. The van der Waals surface area contributed by atoms with E-state index in [9.17, 15) is 9.90 Å². The van der Waals surface area contributed by atoms with E-state index in [1.165, 1.54) is 10.9 Å². The highest BCUT2D eigenvalue weighted by Gasteiger charge is 2.21. The molecule has 204 valence electrons. The fraction of sp³-hybridized carbons (Fsp3) is 0.179. The van der Waals surface area contributed by atoms with Gasteiger partial charge in [-0.15, -0.1) is 0 Å². The van der Waals surface area contributed by atoms with Crippen molar-refractivity contribution in [2.24, 2.45) is 0 Å². The first-order valence-electron chi connectivity index (χ1n) is 12.3. The van der Waals surface area contributed by atoms with Gasteiger partial charge in [-0.2, -0.15) is 5.10 Å². The number of fused-ring (bicyclic) bond motifs is 1. The van der Waals surface area contributed by atoms with Gasteiger partial charge in [0.25, 0.3) is 5.91 Å². The molecule has 12 nitrogen and oxygen atoms in total. The van der Waals surface area contributed by atoms with Crippen LogP contribution in [0.3, 0.4) is 0 Å². The van der Waals surface area contributed by atoms with Crippen LogP contribution in [0.25, 0.3) is 16.6 Å². The summed E-state index contributed by atoms with van der Waals surface area (Å²) in [5.74, 6) is 2.17. The maximum absolute atomic E-state index is 13.1. The van der Waals surface area contributed by atoms with E-state index < -0.39 is 5.91 Å². The lowest BCUT2D eigenvalue weighted by Crippen LogP contribution is -2.15. The SMILES string of the molecule is CCOc1cn(-c2cnccc2CO)nc1C(=O)Nc1ccc(Oc2ccnc3cc(OC)c(OC)cc23)cn1. The van der Waals surface area contributed by atoms with Gasteiger partial charge in [0.2, 0.25) is 0 Å². The molecule has 12 heteroatoms. The Hall–Kier alpha value is -5.23. The molecule has 1 amide bonds. The highest BCUT2D eigenvalue weighted by molar-refractivity contribution is 6.04. The lowest BCUT2D eigenvalue weighted by Gasteiger charge is -2.12. The van der Waals surface area contributed by atoms with Crippen LogP contribution in [0.2, 0.25) is 0 Å². The van der Waals surface area contributed by atoms with E-state index in [1.54, 1.807) is 82.3 Å². The second-order valence-corrected chi connectivity index (χ2v) is 8.35. The van der Waals surface area contributed by atoms with Crippen molar-refractivity contribution < 1.29 is 28.8 Å². The minimum atomic E-state index is -0.515. The molecule has 0 atom stereocenters. The number of rotatable bonds is 10. The molecule has 5 aromatic rings. The minimum absolute atomic E-state index is 0.0596. The largest absolute Gasteiger partial charge is 0.493 e. The Labute approximate surface area is 229 Å². The number of aromatic nitrogens is 5. The summed E-state index contributed by atoms with van der Waals surface area (Å²) in [5, 5.41) is 17.5. The van der Waals surface area contributed by atoms with Gasteiger partial charge in [-0.05, 0) is 37.3 Å². The number of hydrogen-bond donors (Lipinski definition) is 2. The normalized spacial score (nSPS) is 10.8. The number of carbonyl (C=O) groups is 1. The Bertz CT molecular complexity index is 1650. The number of benzene rings is 1. The molecule has 1 aromatic carbocycles. The van der Waals surface area contributed by atoms with Gasteiger partial charge in [0.05, 0.1) is 57.2 Å². The molecule has 2 N–H and O–H groups in total. The maximum Gasteiger partial charge on any atom is 0.281 e. The fourth-order valence-electron chi connectivity index (χ4n) is 4.01. The summed E-state index contributed by atoms with van der Waals surface area (Å²) in [7, 11) is 3.12. The first kappa shape index (κ1) is 26.4. The van der Waals surface area contributed by atoms with E-state index in [4.69, 9.17) is 18.9 Å². The molecule has 4 aromatic heterocycles. The van der Waals surface area contributed by atoms with Crippen molar-refractivity contribution in [3.8, 4) is 34.4 Å². The topological polar surface area (TPSA) is 143 Å². The number of nitrogens with zero attached hydrogens (tertiary/aromatic N) is 5. The summed E-state index contributed by atoms with van der Waals surface area (Å²) in [6.45, 7) is 1.93. The number of amides is 1. The number of aliphatic hydroxyl groups excluding tert-OH is 1. The van der Waals surface area contributed by atoms with Crippen molar-refractivity contribution >= 4 is 22.6 Å². The summed E-state index contributed by atoms with van der Waals surface area (Å²) in [4.78, 5) is 25.9. The van der Waals surface area contributed by atoms with Gasteiger partial charge < -0.3 is 29.4 Å². The van der Waals surface area contributed by atoms with Crippen LogP contribution in [0.5, 0.6) is 28.7 Å². The third-order valence-electron chi connectivity index (χ3n) is 5.91. The molecule has 0 aliphatic rings. The van der Waals surface area contributed by atoms with E-state index in [0.717, 1.165) is 5.39 Å². The predicted molar refractivity (Wildman–Crippen MR) is 146 cm³/mol. The molecule has 0 aliphatic carbocycles. The highest BCUT2D eigenvalue weighted by atomic mass is 16.5. The number of aliphatic hydroxyl groups is 1. The third-order valence-corrected chi connectivity index (χ3v) is 5.91. The van der Waals surface area contributed by atoms with E-state index in [0.29, 0.717) is 46.4 Å². The van der Waals surface area contributed by atoms with Gasteiger partial charge in [-0.1, -0.05) is 0 Å². The monoisotopic (exact) mass is 542 g/mol. The number of nitrogens with one attached hydrogen (secondary N) is 1. The molecule has 0 saturated carbocycles. The molecule has 0 bridgehead atoms. The van der Waals surface area contributed by atoms with E-state index in [1.807, 2.05) is 0 Å². The highest BCUT2D eigenvalue weighted by Crippen LogP contribution is 2.36. The van der Waals surface area contributed by atoms with Crippen LogP contribution in [-0.4, -0.2) is 56.6 Å². The number of anilines is 1. The molecule has 0 saturated heterocycles. The third kappa shape index (κ3) is 5.33. The van der Waals surface area contributed by atoms with Gasteiger partial charge in [0.1, 0.15) is 17.3 Å². The quantitative estimate of drug-likeness (QED) is 0.264. The first-order chi connectivity index (χ1) is 19.5. The zero-order valence-corrected chi connectivity index (χ0v) is 22.0. The van der Waals surface area contributed by atoms with Crippen molar-refractivity contribution in [2.75, 3.05) is 26.1 Å². The summed E-state index contributed by atoms with van der Waals surface area (Å²) >= 11 is 0. The summed E-state index contributed by atoms with van der Waals surface area (Å²) in [6.07, 6.45) is 7.82. The van der Waals surface area contributed by atoms with Crippen LogP contribution in [0.1, 0.15) is 23.0 Å². The van der Waals surface area contributed by atoms with Crippen molar-refractivity contribution in [3.63, 3.8) is 0 Å². The van der Waals surface area contributed by atoms with Gasteiger partial charge in [-0.3, -0.25) is 14.8 Å². The van der Waals surface area contributed by atoms with Crippen LogP contribution in [0.4, 0.5) is 5.82 Å². The zero-order chi connectivity index (χ0) is 28.1. The molecule has 4 heterocycles. The first-order valence-corrected chi connectivity index (χ1v) is 12.3. The van der Waals surface area contributed by atoms with Crippen molar-refractivity contribution in [2.45, 2.75) is 13.5 Å². The van der Waals surface area contributed by atoms with Crippen molar-refractivity contribution in [1.29, 1.82) is 0 Å². The number of hydrogen-bond acceptors (Lipinski definition) is 10. The van der Waals surface area contributed by atoms with Crippen molar-refractivity contribution in [1.82, 2.24) is 24.7 Å². The number of carbonyl (C=O) groups excluding carboxylic acids is 1. The van der Waals surface area contributed by atoms with Crippen LogP contribution in [0, 0.1) is 0 Å². The summed E-state index contributed by atoms with van der Waals surface area (Å²) in [5.41, 5.74) is 1.87. The maximum atomic E-state index is 13.1. The second kappa shape index (κ2) is 11.7. The van der Waals surface area contributed by atoms with Crippen LogP contribution >= 0.6 is 0 Å². The zero-order valence-electron chi connectivity index (χ0n) is 22.0. The molecule has 0 radical (unpaired) electrons. The Kier molecular flexibility index (Phi) is 7.69. The predicted octanol–water partition coefficient (Wildman–Crippen LogP) is 4.16. The molecule has 0 unspecified atom stereocenters. The number of methoxy groups -OCH3 is 2. The van der Waals surface area contributed by atoms with E-state index in [2.05, 4.69) is 25.4 Å². The molecule has 0 fully saturated rings. The van der Waals surface area contributed by atoms with Crippen molar-refractivity contribution in [3.05, 3.63) is 78.6 Å². The molecule has 5 rings (SSSR count). The Balaban J connectivity index is 1.35. The summed E-state index contributed by atoms with van der Waals surface area (Å²) < 4.78 is 23.9. The van der Waals surface area contributed by atoms with Gasteiger partial charge in [0, 0.05) is 29.4 Å². The van der Waals surface area contributed by atoms with Crippen LogP contribution < -0.4 is 24.3 Å². The average Bonchev–Trinajstić information content (AvgIpc) is 3.41. The minimum Gasteiger partial charge on any atom is -0.493 e. The molecule has 40 heavy (non-hydrogen) atoms.